The lowest BCUT2D eigenvalue weighted by atomic mass is 10.2. The van der Waals surface area contributed by atoms with Crippen LogP contribution in [0.3, 0.4) is 0 Å². The Labute approximate surface area is 77.9 Å². The van der Waals surface area contributed by atoms with Crippen LogP contribution in [0, 0.1) is 0 Å². The quantitative estimate of drug-likeness (QED) is 0.640. The molecule has 0 saturated carbocycles. The molecule has 0 aliphatic rings. The number of hydrogen-bond acceptors (Lipinski definition) is 4. The summed E-state index contributed by atoms with van der Waals surface area (Å²) in [6.07, 6.45) is 0.746. The normalized spacial score (nSPS) is 8.50. The number of ether oxygens (including phenoxy) is 1. The number of nitrogens with two attached hydrogens (primary N) is 1. The highest BCUT2D eigenvalue weighted by molar-refractivity contribution is 5.85. The van der Waals surface area contributed by atoms with Crippen LogP contribution >= 0.6 is 12.4 Å². The van der Waals surface area contributed by atoms with E-state index in [-0.39, 0.29) is 37.0 Å². The molecular weight excluding hydrogens is 182 g/mol. The molecule has 0 fully saturated rings. The summed E-state index contributed by atoms with van der Waals surface area (Å²) in [5.41, 5.74) is 5.13. The Hall–Kier alpha value is -0.610. The minimum Gasteiger partial charge on any atom is -0.469 e. The van der Waals surface area contributed by atoms with Crippen LogP contribution in [0.4, 0.5) is 0 Å². The lowest BCUT2D eigenvalue weighted by Crippen LogP contribution is -2.10. The predicted octanol–water partition coefficient (Wildman–Crippen LogP) is 0.279. The summed E-state index contributed by atoms with van der Waals surface area (Å²) in [5, 5.41) is 0. The van der Waals surface area contributed by atoms with Crippen LogP contribution in [0.2, 0.25) is 0 Å². The van der Waals surface area contributed by atoms with Gasteiger partial charge < -0.3 is 10.5 Å². The van der Waals surface area contributed by atoms with E-state index in [0.717, 1.165) is 0 Å². The molecule has 0 aliphatic carbocycles. The van der Waals surface area contributed by atoms with E-state index < -0.39 is 0 Å². The highest BCUT2D eigenvalue weighted by Gasteiger charge is 2.04. The molecule has 5 heteroatoms. The van der Waals surface area contributed by atoms with E-state index in [4.69, 9.17) is 5.73 Å². The van der Waals surface area contributed by atoms with Crippen molar-refractivity contribution in [2.45, 2.75) is 19.3 Å². The minimum absolute atomic E-state index is 0. The molecule has 0 saturated heterocycles. The van der Waals surface area contributed by atoms with Crippen molar-refractivity contribution >= 4 is 24.2 Å². The first-order valence-electron chi connectivity index (χ1n) is 3.49. The van der Waals surface area contributed by atoms with E-state index >= 15 is 0 Å². The maximum Gasteiger partial charge on any atom is 0.305 e. The van der Waals surface area contributed by atoms with Gasteiger partial charge in [0.1, 0.15) is 5.78 Å². The molecule has 0 aromatic carbocycles. The molecule has 0 spiro atoms. The topological polar surface area (TPSA) is 69.4 Å². The number of hydrogen-bond donors (Lipinski definition) is 1. The lowest BCUT2D eigenvalue weighted by Gasteiger charge is -1.97. The van der Waals surface area contributed by atoms with E-state index in [2.05, 4.69) is 4.74 Å². The largest absolute Gasteiger partial charge is 0.469 e. The molecule has 0 aromatic rings. The third-order valence-corrected chi connectivity index (χ3v) is 1.26. The SMILES string of the molecule is COC(=O)CCC(=O)CCN.Cl. The van der Waals surface area contributed by atoms with Crippen LogP contribution < -0.4 is 5.73 Å². The van der Waals surface area contributed by atoms with Gasteiger partial charge >= 0.3 is 5.97 Å². The maximum atomic E-state index is 10.8. The Kier molecular flexibility index (Phi) is 9.86. The van der Waals surface area contributed by atoms with Crippen molar-refractivity contribution in [3.8, 4) is 0 Å². The number of Topliss-reactive ketones (excluding diaryl/α,β-unsaturated/α-hetero) is 1. The van der Waals surface area contributed by atoms with Gasteiger partial charge in [-0.2, -0.15) is 0 Å². The Morgan fingerprint density at radius 2 is 1.83 bits per heavy atom. The van der Waals surface area contributed by atoms with Gasteiger partial charge in [0.2, 0.25) is 0 Å². The van der Waals surface area contributed by atoms with Gasteiger partial charge in [-0.3, -0.25) is 9.59 Å². The molecule has 12 heavy (non-hydrogen) atoms. The van der Waals surface area contributed by atoms with Crippen LogP contribution in [0.1, 0.15) is 19.3 Å². The lowest BCUT2D eigenvalue weighted by molar-refractivity contribution is -0.141. The molecule has 0 radical (unpaired) electrons. The number of carbonyl (C=O) groups is 2. The van der Waals surface area contributed by atoms with Gasteiger partial charge in [-0.15, -0.1) is 12.4 Å². The van der Waals surface area contributed by atoms with E-state index in [1.807, 2.05) is 0 Å². The fourth-order valence-electron chi connectivity index (χ4n) is 0.630. The molecule has 0 heterocycles. The monoisotopic (exact) mass is 195 g/mol. The molecule has 0 aliphatic heterocycles. The zero-order chi connectivity index (χ0) is 8.69. The molecular formula is C7H14ClNO3. The van der Waals surface area contributed by atoms with Gasteiger partial charge in [0.25, 0.3) is 0 Å². The van der Waals surface area contributed by atoms with Crippen LogP contribution in [-0.4, -0.2) is 25.4 Å². The highest BCUT2D eigenvalue weighted by Crippen LogP contribution is 1.95. The first kappa shape index (κ1) is 13.9. The highest BCUT2D eigenvalue weighted by atomic mass is 35.5. The molecule has 0 rings (SSSR count). The Morgan fingerprint density at radius 1 is 1.25 bits per heavy atom. The number of carbonyl (C=O) groups excluding carboxylic acids is 2. The number of halogens is 1. The number of methoxy groups -OCH3 is 1. The standard InChI is InChI=1S/C7H13NO3.ClH/c1-11-7(10)3-2-6(9)4-5-8;/h2-5,8H2,1H3;1H. The average molecular weight is 196 g/mol. The summed E-state index contributed by atoms with van der Waals surface area (Å²) >= 11 is 0. The third kappa shape index (κ3) is 7.50. The first-order valence-corrected chi connectivity index (χ1v) is 3.49. The molecule has 0 aromatic heterocycles. The average Bonchev–Trinajstić information content (AvgIpc) is 2.01. The molecule has 72 valence electrons. The summed E-state index contributed by atoms with van der Waals surface area (Å²) in [4.78, 5) is 21.3. The van der Waals surface area contributed by atoms with Crippen molar-refractivity contribution in [2.75, 3.05) is 13.7 Å². The van der Waals surface area contributed by atoms with Crippen molar-refractivity contribution in [2.24, 2.45) is 5.73 Å². The van der Waals surface area contributed by atoms with Crippen molar-refractivity contribution in [1.29, 1.82) is 0 Å². The van der Waals surface area contributed by atoms with Crippen molar-refractivity contribution < 1.29 is 14.3 Å². The zero-order valence-electron chi connectivity index (χ0n) is 7.04. The zero-order valence-corrected chi connectivity index (χ0v) is 7.86. The van der Waals surface area contributed by atoms with E-state index in [1.165, 1.54) is 7.11 Å². The van der Waals surface area contributed by atoms with Crippen molar-refractivity contribution in [3.63, 3.8) is 0 Å². The summed E-state index contributed by atoms with van der Waals surface area (Å²) in [5.74, 6) is -0.340. The summed E-state index contributed by atoms with van der Waals surface area (Å²) < 4.78 is 4.36. The van der Waals surface area contributed by atoms with Gasteiger partial charge in [-0.25, -0.2) is 0 Å². The second kappa shape index (κ2) is 8.49. The van der Waals surface area contributed by atoms with E-state index in [0.29, 0.717) is 13.0 Å². The smallest absolute Gasteiger partial charge is 0.305 e. The summed E-state index contributed by atoms with van der Waals surface area (Å²) in [6.45, 7) is 0.347. The van der Waals surface area contributed by atoms with Crippen LogP contribution in [0.15, 0.2) is 0 Å². The van der Waals surface area contributed by atoms with Crippen molar-refractivity contribution in [3.05, 3.63) is 0 Å². The van der Waals surface area contributed by atoms with Gasteiger partial charge in [-0.1, -0.05) is 0 Å². The molecule has 0 bridgehead atoms. The summed E-state index contributed by atoms with van der Waals surface area (Å²) in [6, 6.07) is 0. The Balaban J connectivity index is 0. The van der Waals surface area contributed by atoms with Gasteiger partial charge in [0.05, 0.1) is 13.5 Å². The maximum absolute atomic E-state index is 10.8. The Morgan fingerprint density at radius 3 is 2.25 bits per heavy atom. The van der Waals surface area contributed by atoms with Gasteiger partial charge in [-0.05, 0) is 6.54 Å². The number of rotatable bonds is 5. The first-order chi connectivity index (χ1) is 5.20. The van der Waals surface area contributed by atoms with E-state index in [1.54, 1.807) is 0 Å². The minimum atomic E-state index is -0.352. The van der Waals surface area contributed by atoms with Gasteiger partial charge in [0.15, 0.2) is 0 Å². The van der Waals surface area contributed by atoms with Gasteiger partial charge in [0, 0.05) is 12.8 Å². The molecule has 4 nitrogen and oxygen atoms in total. The number of ketones is 1. The fraction of sp³-hybridized carbons (Fsp3) is 0.714. The predicted molar refractivity (Wildman–Crippen MR) is 47.2 cm³/mol. The molecule has 0 atom stereocenters. The van der Waals surface area contributed by atoms with Crippen LogP contribution in [-0.2, 0) is 14.3 Å². The fourth-order valence-corrected chi connectivity index (χ4v) is 0.630. The third-order valence-electron chi connectivity index (χ3n) is 1.26. The molecule has 0 unspecified atom stereocenters. The van der Waals surface area contributed by atoms with E-state index in [9.17, 15) is 9.59 Å². The van der Waals surface area contributed by atoms with Crippen molar-refractivity contribution in [1.82, 2.24) is 0 Å². The molecule has 2 N–H and O–H groups in total. The second-order valence-electron chi connectivity index (χ2n) is 2.15. The number of esters is 1. The molecule has 0 amide bonds. The Bertz CT molecular complexity index is 150. The van der Waals surface area contributed by atoms with Crippen LogP contribution in [0.5, 0.6) is 0 Å². The summed E-state index contributed by atoms with van der Waals surface area (Å²) in [7, 11) is 1.30. The second-order valence-corrected chi connectivity index (χ2v) is 2.15. The van der Waals surface area contributed by atoms with Crippen LogP contribution in [0.25, 0.3) is 0 Å².